The van der Waals surface area contributed by atoms with Crippen molar-refractivity contribution in [3.05, 3.63) is 59.7 Å². The second-order valence-electron chi connectivity index (χ2n) is 4.94. The number of ether oxygens (including phenoxy) is 1. The molecular formula is C17H21NO2. The summed E-state index contributed by atoms with van der Waals surface area (Å²) in [4.78, 5) is 0. The van der Waals surface area contributed by atoms with Gasteiger partial charge in [0.05, 0.1) is 7.11 Å². The van der Waals surface area contributed by atoms with Gasteiger partial charge in [-0.3, -0.25) is 0 Å². The van der Waals surface area contributed by atoms with Crippen LogP contribution in [0.15, 0.2) is 48.5 Å². The molecule has 3 nitrogen and oxygen atoms in total. The van der Waals surface area contributed by atoms with Gasteiger partial charge < -0.3 is 15.2 Å². The average molecular weight is 271 g/mol. The van der Waals surface area contributed by atoms with E-state index in [2.05, 4.69) is 36.5 Å². The van der Waals surface area contributed by atoms with Crippen molar-refractivity contribution in [3.63, 3.8) is 0 Å². The van der Waals surface area contributed by atoms with Crippen molar-refractivity contribution in [2.24, 2.45) is 0 Å². The Hall–Kier alpha value is -2.00. The van der Waals surface area contributed by atoms with Crippen LogP contribution in [-0.4, -0.2) is 18.3 Å². The summed E-state index contributed by atoms with van der Waals surface area (Å²) in [5.41, 5.74) is 2.16. The number of nitrogens with one attached hydrogen (secondary N) is 1. The summed E-state index contributed by atoms with van der Waals surface area (Å²) >= 11 is 0. The van der Waals surface area contributed by atoms with Gasteiger partial charge in [0, 0.05) is 18.2 Å². The Balaban J connectivity index is 1.92. The maximum atomic E-state index is 10.0. The van der Waals surface area contributed by atoms with Crippen LogP contribution in [0.2, 0.25) is 0 Å². The standard InChI is InChI=1S/C17H21NO2/c1-13(11-14-7-4-3-5-8-14)18-12-15-9-6-10-16(20-2)17(15)19/h3-10,13,18-19H,11-12H2,1-2H3. The second-order valence-corrected chi connectivity index (χ2v) is 4.94. The van der Waals surface area contributed by atoms with Crippen LogP contribution >= 0.6 is 0 Å². The maximum absolute atomic E-state index is 10.0. The molecule has 2 aromatic carbocycles. The minimum atomic E-state index is 0.217. The molecule has 3 heteroatoms. The Morgan fingerprint density at radius 1 is 1.10 bits per heavy atom. The monoisotopic (exact) mass is 271 g/mol. The van der Waals surface area contributed by atoms with Gasteiger partial charge in [-0.1, -0.05) is 42.5 Å². The molecule has 0 saturated carbocycles. The molecule has 0 radical (unpaired) electrons. The first-order chi connectivity index (χ1) is 9.70. The molecule has 0 aliphatic carbocycles. The average Bonchev–Trinajstić information content (AvgIpc) is 2.47. The Kier molecular flexibility index (Phi) is 5.02. The van der Waals surface area contributed by atoms with Gasteiger partial charge in [-0.05, 0) is 25.0 Å². The van der Waals surface area contributed by atoms with Crippen LogP contribution in [-0.2, 0) is 13.0 Å². The van der Waals surface area contributed by atoms with Crippen LogP contribution in [0.25, 0.3) is 0 Å². The molecule has 0 heterocycles. The fourth-order valence-corrected chi connectivity index (χ4v) is 2.20. The molecule has 0 aliphatic heterocycles. The van der Waals surface area contributed by atoms with Gasteiger partial charge in [0.15, 0.2) is 11.5 Å². The maximum Gasteiger partial charge on any atom is 0.162 e. The summed E-state index contributed by atoms with van der Waals surface area (Å²) in [7, 11) is 1.56. The molecule has 0 bridgehead atoms. The van der Waals surface area contributed by atoms with E-state index in [1.165, 1.54) is 5.56 Å². The second kappa shape index (κ2) is 6.96. The van der Waals surface area contributed by atoms with Crippen LogP contribution in [0.5, 0.6) is 11.5 Å². The molecular weight excluding hydrogens is 250 g/mol. The Labute approximate surface area is 120 Å². The lowest BCUT2D eigenvalue weighted by Crippen LogP contribution is -2.27. The number of methoxy groups -OCH3 is 1. The van der Waals surface area contributed by atoms with Gasteiger partial charge >= 0.3 is 0 Å². The summed E-state index contributed by atoms with van der Waals surface area (Å²) in [5.74, 6) is 0.731. The van der Waals surface area contributed by atoms with Crippen LogP contribution in [0, 0.1) is 0 Å². The highest BCUT2D eigenvalue weighted by molar-refractivity contribution is 5.45. The molecule has 2 aromatic rings. The number of hydrogen-bond donors (Lipinski definition) is 2. The van der Waals surface area contributed by atoms with Crippen LogP contribution < -0.4 is 10.1 Å². The lowest BCUT2D eigenvalue weighted by atomic mass is 10.1. The molecule has 0 fully saturated rings. The minimum absolute atomic E-state index is 0.217. The zero-order chi connectivity index (χ0) is 14.4. The van der Waals surface area contributed by atoms with Gasteiger partial charge in [0.2, 0.25) is 0 Å². The van der Waals surface area contributed by atoms with E-state index in [1.807, 2.05) is 18.2 Å². The highest BCUT2D eigenvalue weighted by atomic mass is 16.5. The number of para-hydroxylation sites is 1. The molecule has 106 valence electrons. The van der Waals surface area contributed by atoms with Crippen molar-refractivity contribution in [3.8, 4) is 11.5 Å². The van der Waals surface area contributed by atoms with Gasteiger partial charge in [-0.15, -0.1) is 0 Å². The molecule has 0 amide bonds. The zero-order valence-electron chi connectivity index (χ0n) is 12.0. The van der Waals surface area contributed by atoms with Gasteiger partial charge in [-0.25, -0.2) is 0 Å². The van der Waals surface area contributed by atoms with Crippen LogP contribution in [0.4, 0.5) is 0 Å². The molecule has 0 aliphatic rings. The SMILES string of the molecule is COc1cccc(CNC(C)Cc2ccccc2)c1O. The van der Waals surface area contributed by atoms with Crippen molar-refractivity contribution in [1.29, 1.82) is 0 Å². The van der Waals surface area contributed by atoms with E-state index in [0.29, 0.717) is 18.3 Å². The molecule has 1 atom stereocenters. The zero-order valence-corrected chi connectivity index (χ0v) is 12.0. The third-order valence-corrected chi connectivity index (χ3v) is 3.33. The van der Waals surface area contributed by atoms with E-state index in [4.69, 9.17) is 4.74 Å². The van der Waals surface area contributed by atoms with Crippen molar-refractivity contribution >= 4 is 0 Å². The van der Waals surface area contributed by atoms with E-state index in [9.17, 15) is 5.11 Å². The number of hydrogen-bond acceptors (Lipinski definition) is 3. The fraction of sp³-hybridized carbons (Fsp3) is 0.294. The number of phenolic OH excluding ortho intramolecular Hbond substituents is 1. The van der Waals surface area contributed by atoms with E-state index < -0.39 is 0 Å². The van der Waals surface area contributed by atoms with E-state index in [0.717, 1.165) is 12.0 Å². The molecule has 20 heavy (non-hydrogen) atoms. The summed E-state index contributed by atoms with van der Waals surface area (Å²) in [6.45, 7) is 2.77. The quantitative estimate of drug-likeness (QED) is 0.848. The first kappa shape index (κ1) is 14.4. The Morgan fingerprint density at radius 3 is 2.55 bits per heavy atom. The number of aromatic hydroxyl groups is 1. The largest absolute Gasteiger partial charge is 0.504 e. The number of rotatable bonds is 6. The topological polar surface area (TPSA) is 41.5 Å². The first-order valence-electron chi connectivity index (χ1n) is 6.83. The summed E-state index contributed by atoms with van der Waals surface area (Å²) in [6.07, 6.45) is 0.964. The molecule has 2 rings (SSSR count). The van der Waals surface area contributed by atoms with E-state index in [-0.39, 0.29) is 5.75 Å². The summed E-state index contributed by atoms with van der Waals surface area (Å²) in [6, 6.07) is 16.3. The van der Waals surface area contributed by atoms with E-state index >= 15 is 0 Å². The third-order valence-electron chi connectivity index (χ3n) is 3.33. The van der Waals surface area contributed by atoms with Crippen LogP contribution in [0.3, 0.4) is 0 Å². The van der Waals surface area contributed by atoms with Crippen molar-refractivity contribution in [2.45, 2.75) is 25.9 Å². The normalized spacial score (nSPS) is 12.1. The molecule has 2 N–H and O–H groups in total. The Bertz CT molecular complexity index is 540. The van der Waals surface area contributed by atoms with Crippen LogP contribution in [0.1, 0.15) is 18.1 Å². The smallest absolute Gasteiger partial charge is 0.162 e. The summed E-state index contributed by atoms with van der Waals surface area (Å²) < 4.78 is 5.11. The number of phenols is 1. The van der Waals surface area contributed by atoms with Gasteiger partial charge in [0.25, 0.3) is 0 Å². The molecule has 0 spiro atoms. The highest BCUT2D eigenvalue weighted by Crippen LogP contribution is 2.29. The van der Waals surface area contributed by atoms with Gasteiger partial charge in [0.1, 0.15) is 0 Å². The van der Waals surface area contributed by atoms with Crippen molar-refractivity contribution in [1.82, 2.24) is 5.32 Å². The van der Waals surface area contributed by atoms with E-state index in [1.54, 1.807) is 13.2 Å². The summed E-state index contributed by atoms with van der Waals surface area (Å²) in [5, 5.41) is 13.5. The molecule has 0 aromatic heterocycles. The fourth-order valence-electron chi connectivity index (χ4n) is 2.20. The molecule has 1 unspecified atom stereocenters. The van der Waals surface area contributed by atoms with Crippen molar-refractivity contribution in [2.75, 3.05) is 7.11 Å². The third kappa shape index (κ3) is 3.75. The lowest BCUT2D eigenvalue weighted by molar-refractivity contribution is 0.369. The minimum Gasteiger partial charge on any atom is -0.504 e. The predicted octanol–water partition coefficient (Wildman–Crippen LogP) is 3.12. The molecule has 0 saturated heterocycles. The predicted molar refractivity (Wildman–Crippen MR) is 81.1 cm³/mol. The lowest BCUT2D eigenvalue weighted by Gasteiger charge is -2.15. The van der Waals surface area contributed by atoms with Gasteiger partial charge in [-0.2, -0.15) is 0 Å². The van der Waals surface area contributed by atoms with Crippen molar-refractivity contribution < 1.29 is 9.84 Å². The first-order valence-corrected chi connectivity index (χ1v) is 6.83. The Morgan fingerprint density at radius 2 is 1.85 bits per heavy atom. The highest BCUT2D eigenvalue weighted by Gasteiger charge is 2.08. The number of benzene rings is 2.